The predicted octanol–water partition coefficient (Wildman–Crippen LogP) is 6.78. The smallest absolute Gasteiger partial charge is 0.221 e. The molecule has 0 fully saturated rings. The van der Waals surface area contributed by atoms with E-state index in [0.717, 1.165) is 34.6 Å². The summed E-state index contributed by atoms with van der Waals surface area (Å²) in [5.41, 5.74) is 8.04. The van der Waals surface area contributed by atoms with E-state index in [2.05, 4.69) is 48.6 Å². The summed E-state index contributed by atoms with van der Waals surface area (Å²) in [6.07, 6.45) is 4.84. The second-order valence-electron chi connectivity index (χ2n) is 8.08. The van der Waals surface area contributed by atoms with Crippen molar-refractivity contribution in [3.63, 3.8) is 0 Å². The monoisotopic (exact) mass is 412 g/mol. The van der Waals surface area contributed by atoms with Crippen LogP contribution >= 0.6 is 11.3 Å². The van der Waals surface area contributed by atoms with Crippen molar-refractivity contribution in [3.8, 4) is 22.4 Å². The van der Waals surface area contributed by atoms with Crippen molar-refractivity contribution in [2.45, 2.75) is 39.5 Å². The fourth-order valence-electron chi connectivity index (χ4n) is 4.41. The molecule has 0 bridgehead atoms. The van der Waals surface area contributed by atoms with E-state index in [1.54, 1.807) is 0 Å². The summed E-state index contributed by atoms with van der Waals surface area (Å²) in [5.74, 6) is -0.0676. The van der Waals surface area contributed by atoms with E-state index in [0.29, 0.717) is 0 Å². The van der Waals surface area contributed by atoms with Crippen molar-refractivity contribution >= 4 is 33.1 Å². The van der Waals surface area contributed by atoms with E-state index < -0.39 is 0 Å². The molecule has 2 heterocycles. The van der Waals surface area contributed by atoms with Gasteiger partial charge in [-0.05, 0) is 67.5 Å². The number of rotatable bonds is 3. The van der Waals surface area contributed by atoms with E-state index in [1.165, 1.54) is 52.3 Å². The van der Waals surface area contributed by atoms with Gasteiger partial charge in [0.15, 0.2) is 0 Å². The third-order valence-electron chi connectivity index (χ3n) is 5.73. The maximum absolute atomic E-state index is 11.5. The van der Waals surface area contributed by atoms with Crippen LogP contribution in [0.5, 0.6) is 0 Å². The molecule has 1 amide bonds. The Hall–Kier alpha value is -2.98. The van der Waals surface area contributed by atoms with Crippen molar-refractivity contribution in [2.75, 3.05) is 5.32 Å². The molecule has 2 aromatic heterocycles. The molecule has 1 aliphatic rings. The SMILES string of the molecule is CC(=O)Nc1cccc(-c2cc(-c3cccc(C)c3)c3c4c(sc3n2)CCCC4)c1. The highest BCUT2D eigenvalue weighted by molar-refractivity contribution is 7.19. The van der Waals surface area contributed by atoms with Crippen LogP contribution in [0.15, 0.2) is 54.6 Å². The number of hydrogen-bond acceptors (Lipinski definition) is 3. The van der Waals surface area contributed by atoms with Gasteiger partial charge < -0.3 is 5.32 Å². The molecular weight excluding hydrogens is 388 g/mol. The molecule has 2 aromatic carbocycles. The van der Waals surface area contributed by atoms with Crippen LogP contribution in [0.25, 0.3) is 32.6 Å². The maximum atomic E-state index is 11.5. The molecule has 5 rings (SSSR count). The molecule has 0 unspecified atom stereocenters. The van der Waals surface area contributed by atoms with Crippen LogP contribution < -0.4 is 5.32 Å². The third kappa shape index (κ3) is 3.52. The number of hydrogen-bond donors (Lipinski definition) is 1. The van der Waals surface area contributed by atoms with Gasteiger partial charge in [0.1, 0.15) is 4.83 Å². The molecule has 3 nitrogen and oxygen atoms in total. The normalized spacial score (nSPS) is 13.3. The van der Waals surface area contributed by atoms with Crippen molar-refractivity contribution in [2.24, 2.45) is 0 Å². The molecule has 150 valence electrons. The van der Waals surface area contributed by atoms with E-state index >= 15 is 0 Å². The van der Waals surface area contributed by atoms with E-state index in [1.807, 2.05) is 29.5 Å². The summed E-state index contributed by atoms with van der Waals surface area (Å²) < 4.78 is 0. The molecule has 30 heavy (non-hydrogen) atoms. The highest BCUT2D eigenvalue weighted by Gasteiger charge is 2.21. The lowest BCUT2D eigenvalue weighted by atomic mass is 9.91. The lowest BCUT2D eigenvalue weighted by molar-refractivity contribution is -0.114. The van der Waals surface area contributed by atoms with Gasteiger partial charge >= 0.3 is 0 Å². The van der Waals surface area contributed by atoms with Gasteiger partial charge in [-0.3, -0.25) is 4.79 Å². The van der Waals surface area contributed by atoms with Crippen molar-refractivity contribution < 1.29 is 4.79 Å². The minimum atomic E-state index is -0.0676. The topological polar surface area (TPSA) is 42.0 Å². The third-order valence-corrected chi connectivity index (χ3v) is 6.92. The predicted molar refractivity (Wildman–Crippen MR) is 126 cm³/mol. The molecule has 4 heteroatoms. The Morgan fingerprint density at radius 1 is 1.00 bits per heavy atom. The molecule has 0 saturated carbocycles. The van der Waals surface area contributed by atoms with Crippen LogP contribution in [0.4, 0.5) is 5.69 Å². The van der Waals surface area contributed by atoms with Gasteiger partial charge in [0.05, 0.1) is 5.69 Å². The van der Waals surface area contributed by atoms with Crippen LogP contribution in [0.2, 0.25) is 0 Å². The zero-order valence-corrected chi connectivity index (χ0v) is 18.1. The van der Waals surface area contributed by atoms with Crippen LogP contribution in [0, 0.1) is 6.92 Å². The molecule has 0 spiro atoms. The number of nitrogens with one attached hydrogen (secondary N) is 1. The van der Waals surface area contributed by atoms with Gasteiger partial charge in [0.2, 0.25) is 5.91 Å². The average molecular weight is 413 g/mol. The summed E-state index contributed by atoms with van der Waals surface area (Å²) in [5, 5.41) is 4.22. The molecule has 0 saturated heterocycles. The Labute approximate surface area is 180 Å². The number of pyridine rings is 1. The number of benzene rings is 2. The number of carbonyl (C=O) groups is 1. The summed E-state index contributed by atoms with van der Waals surface area (Å²) >= 11 is 1.86. The van der Waals surface area contributed by atoms with Gasteiger partial charge in [0, 0.05) is 28.4 Å². The molecule has 0 radical (unpaired) electrons. The number of anilines is 1. The van der Waals surface area contributed by atoms with Crippen molar-refractivity contribution in [1.29, 1.82) is 0 Å². The second kappa shape index (κ2) is 7.69. The molecule has 0 atom stereocenters. The highest BCUT2D eigenvalue weighted by Crippen LogP contribution is 2.42. The van der Waals surface area contributed by atoms with Crippen LogP contribution in [-0.4, -0.2) is 10.9 Å². The molecule has 1 aliphatic carbocycles. The number of thiophene rings is 1. The lowest BCUT2D eigenvalue weighted by Crippen LogP contribution is -2.05. The number of aromatic nitrogens is 1. The molecular formula is C26H24N2OS. The first kappa shape index (κ1) is 19.0. The number of carbonyl (C=O) groups excluding carboxylic acids is 1. The average Bonchev–Trinajstić information content (AvgIpc) is 3.11. The van der Waals surface area contributed by atoms with Crippen molar-refractivity contribution in [1.82, 2.24) is 4.98 Å². The molecule has 0 aliphatic heterocycles. The minimum absolute atomic E-state index is 0.0676. The Morgan fingerprint density at radius 3 is 2.63 bits per heavy atom. The van der Waals surface area contributed by atoms with Crippen LogP contribution in [0.3, 0.4) is 0 Å². The summed E-state index contributed by atoms with van der Waals surface area (Å²) in [6, 6.07) is 18.9. The lowest BCUT2D eigenvalue weighted by Gasteiger charge is -2.14. The fraction of sp³-hybridized carbons (Fsp3) is 0.231. The highest BCUT2D eigenvalue weighted by atomic mass is 32.1. The fourth-order valence-corrected chi connectivity index (χ4v) is 5.69. The first-order valence-electron chi connectivity index (χ1n) is 10.5. The summed E-state index contributed by atoms with van der Waals surface area (Å²) in [7, 11) is 0. The second-order valence-corrected chi connectivity index (χ2v) is 9.16. The molecule has 4 aromatic rings. The van der Waals surface area contributed by atoms with Gasteiger partial charge in [-0.1, -0.05) is 42.0 Å². The van der Waals surface area contributed by atoms with Gasteiger partial charge in [0.25, 0.3) is 0 Å². The Kier molecular flexibility index (Phi) is 4.87. The quantitative estimate of drug-likeness (QED) is 0.403. The number of amides is 1. The Bertz CT molecular complexity index is 1270. The van der Waals surface area contributed by atoms with E-state index in [9.17, 15) is 4.79 Å². The van der Waals surface area contributed by atoms with Crippen molar-refractivity contribution in [3.05, 3.63) is 70.6 Å². The van der Waals surface area contributed by atoms with Gasteiger partial charge in [-0.2, -0.15) is 0 Å². The van der Waals surface area contributed by atoms with E-state index in [-0.39, 0.29) is 5.91 Å². The molecule has 1 N–H and O–H groups in total. The maximum Gasteiger partial charge on any atom is 0.221 e. The summed E-state index contributed by atoms with van der Waals surface area (Å²) in [6.45, 7) is 3.67. The minimum Gasteiger partial charge on any atom is -0.326 e. The number of nitrogens with zero attached hydrogens (tertiary/aromatic N) is 1. The largest absolute Gasteiger partial charge is 0.326 e. The summed E-state index contributed by atoms with van der Waals surface area (Å²) in [4.78, 5) is 19.2. The standard InChI is InChI=1S/C26H24N2OS/c1-16-7-5-8-18(13-16)22-15-23(19-9-6-10-20(14-19)27-17(2)29)28-26-25(22)21-11-3-4-12-24(21)30-26/h5-10,13-15H,3-4,11-12H2,1-2H3,(H,27,29). The number of aryl methyl sites for hydroxylation is 3. The first-order valence-corrected chi connectivity index (χ1v) is 11.3. The Balaban J connectivity index is 1.74. The first-order chi connectivity index (χ1) is 14.6. The van der Waals surface area contributed by atoms with Gasteiger partial charge in [-0.25, -0.2) is 4.98 Å². The van der Waals surface area contributed by atoms with E-state index in [4.69, 9.17) is 4.98 Å². The zero-order valence-electron chi connectivity index (χ0n) is 17.3. The van der Waals surface area contributed by atoms with Crippen LogP contribution in [0.1, 0.15) is 35.8 Å². The Morgan fingerprint density at radius 2 is 1.80 bits per heavy atom. The number of fused-ring (bicyclic) bond motifs is 3. The zero-order chi connectivity index (χ0) is 20.7. The van der Waals surface area contributed by atoms with Crippen LogP contribution in [-0.2, 0) is 17.6 Å². The van der Waals surface area contributed by atoms with Gasteiger partial charge in [-0.15, -0.1) is 11.3 Å².